The lowest BCUT2D eigenvalue weighted by molar-refractivity contribution is -0.122. The fourth-order valence-electron chi connectivity index (χ4n) is 2.36. The van der Waals surface area contributed by atoms with E-state index in [1.54, 1.807) is 31.4 Å². The number of hydrogen-bond donors (Lipinski definition) is 4. The van der Waals surface area contributed by atoms with E-state index >= 15 is 0 Å². The third kappa shape index (κ3) is 4.29. The molecule has 7 nitrogen and oxygen atoms in total. The van der Waals surface area contributed by atoms with Crippen LogP contribution in [0.25, 0.3) is 0 Å². The van der Waals surface area contributed by atoms with E-state index in [2.05, 4.69) is 5.32 Å². The minimum atomic E-state index is -1.24. The van der Waals surface area contributed by atoms with E-state index in [0.29, 0.717) is 11.5 Å². The first-order valence-electron chi connectivity index (χ1n) is 7.16. The number of carbonyl (C=O) groups is 1. The Labute approximate surface area is 138 Å². The van der Waals surface area contributed by atoms with E-state index in [1.807, 2.05) is 0 Å². The highest BCUT2D eigenvalue weighted by Gasteiger charge is 2.45. The van der Waals surface area contributed by atoms with Crippen molar-refractivity contribution < 1.29 is 29.6 Å². The summed E-state index contributed by atoms with van der Waals surface area (Å²) in [5, 5.41) is 31.6. The lowest BCUT2D eigenvalue weighted by Crippen LogP contribution is -2.61. The van der Waals surface area contributed by atoms with Gasteiger partial charge in [0.05, 0.1) is 25.1 Å². The van der Waals surface area contributed by atoms with E-state index in [9.17, 15) is 20.1 Å². The average molecular weight is 343 g/mol. The van der Waals surface area contributed by atoms with Crippen molar-refractivity contribution in [1.82, 2.24) is 5.32 Å². The van der Waals surface area contributed by atoms with Gasteiger partial charge in [0.2, 0.25) is 5.91 Å². The van der Waals surface area contributed by atoms with Crippen molar-refractivity contribution in [2.45, 2.75) is 35.9 Å². The van der Waals surface area contributed by atoms with Gasteiger partial charge in [-0.3, -0.25) is 4.79 Å². The number of hydrogen-bond acceptors (Lipinski definition) is 7. The molecular weight excluding hydrogens is 322 g/mol. The van der Waals surface area contributed by atoms with Crippen molar-refractivity contribution >= 4 is 17.7 Å². The number of amides is 1. The van der Waals surface area contributed by atoms with Crippen molar-refractivity contribution in [3.05, 3.63) is 24.3 Å². The van der Waals surface area contributed by atoms with Gasteiger partial charge in [-0.2, -0.15) is 0 Å². The minimum Gasteiger partial charge on any atom is -0.497 e. The second-order valence-corrected chi connectivity index (χ2v) is 6.57. The molecule has 8 heteroatoms. The number of ether oxygens (including phenoxy) is 2. The molecule has 0 unspecified atom stereocenters. The summed E-state index contributed by atoms with van der Waals surface area (Å²) in [7, 11) is 1.56. The molecule has 0 radical (unpaired) electrons. The van der Waals surface area contributed by atoms with Crippen LogP contribution in [0.4, 0.5) is 0 Å². The molecule has 1 aliphatic rings. The quantitative estimate of drug-likeness (QED) is 0.583. The predicted octanol–water partition coefficient (Wildman–Crippen LogP) is -0.266. The molecular formula is C15H21NO6S. The topological polar surface area (TPSA) is 108 Å². The lowest BCUT2D eigenvalue weighted by Gasteiger charge is -2.41. The van der Waals surface area contributed by atoms with Crippen LogP contribution in [0.5, 0.6) is 11.5 Å². The Balaban J connectivity index is 2.17. The van der Waals surface area contributed by atoms with Gasteiger partial charge in [-0.15, -0.1) is 11.8 Å². The number of methoxy groups -OCH3 is 1. The number of aliphatic hydroxyl groups excluding tert-OH is 3. The summed E-state index contributed by atoms with van der Waals surface area (Å²) in [6.07, 6.45) is -2.39. The molecule has 1 aliphatic heterocycles. The maximum atomic E-state index is 11.4. The van der Waals surface area contributed by atoms with E-state index in [0.717, 1.165) is 0 Å². The Kier molecular flexibility index (Phi) is 6.11. The van der Waals surface area contributed by atoms with E-state index in [-0.39, 0.29) is 12.5 Å². The highest BCUT2D eigenvalue weighted by Crippen LogP contribution is 2.34. The smallest absolute Gasteiger partial charge is 0.217 e. The average Bonchev–Trinajstić information content (AvgIpc) is 2.54. The molecule has 0 aliphatic carbocycles. The summed E-state index contributed by atoms with van der Waals surface area (Å²) in [6.45, 7) is 1.02. The van der Waals surface area contributed by atoms with Crippen molar-refractivity contribution in [1.29, 1.82) is 0 Å². The first-order chi connectivity index (χ1) is 11.0. The molecule has 0 spiro atoms. The Morgan fingerprint density at radius 1 is 1.22 bits per heavy atom. The van der Waals surface area contributed by atoms with Gasteiger partial charge in [0.25, 0.3) is 0 Å². The second-order valence-electron chi connectivity index (χ2n) is 5.23. The fourth-order valence-corrected chi connectivity index (χ4v) is 3.68. The zero-order valence-electron chi connectivity index (χ0n) is 12.9. The zero-order valence-corrected chi connectivity index (χ0v) is 13.7. The second kappa shape index (κ2) is 7.87. The van der Waals surface area contributed by atoms with Crippen LogP contribution in [0.15, 0.2) is 24.3 Å². The molecule has 1 aromatic carbocycles. The zero-order chi connectivity index (χ0) is 17.0. The monoisotopic (exact) mass is 343 g/mol. The van der Waals surface area contributed by atoms with E-state index in [1.165, 1.54) is 18.7 Å². The van der Waals surface area contributed by atoms with Gasteiger partial charge in [0.1, 0.15) is 23.6 Å². The standard InChI is InChI=1S/C15H21NO6S/c1-8(18)16-12-14(20)13(19)11(7-17)23-15(12)22-10-5-3-9(21-2)4-6-10/h3-6,11-15,17,19-20H,7H2,1-2H3,(H,16,18)/t11-,12-,13+,14+,15-/m0/s1. The molecule has 23 heavy (non-hydrogen) atoms. The molecule has 1 heterocycles. The van der Waals surface area contributed by atoms with Gasteiger partial charge in [-0.25, -0.2) is 0 Å². The maximum absolute atomic E-state index is 11.4. The Morgan fingerprint density at radius 2 is 1.83 bits per heavy atom. The van der Waals surface area contributed by atoms with Gasteiger partial charge in [0, 0.05) is 6.92 Å². The summed E-state index contributed by atoms with van der Waals surface area (Å²) in [4.78, 5) is 11.4. The van der Waals surface area contributed by atoms with Gasteiger partial charge < -0.3 is 30.1 Å². The summed E-state index contributed by atoms with van der Waals surface area (Å²) in [5.74, 6) is 0.863. The third-order valence-electron chi connectivity index (χ3n) is 3.56. The molecule has 4 N–H and O–H groups in total. The minimum absolute atomic E-state index is 0.307. The maximum Gasteiger partial charge on any atom is 0.217 e. The summed E-state index contributed by atoms with van der Waals surface area (Å²) < 4.78 is 10.9. The van der Waals surface area contributed by atoms with Gasteiger partial charge in [-0.05, 0) is 24.3 Å². The van der Waals surface area contributed by atoms with E-state index in [4.69, 9.17) is 9.47 Å². The van der Waals surface area contributed by atoms with Gasteiger partial charge in [-0.1, -0.05) is 0 Å². The fraction of sp³-hybridized carbons (Fsp3) is 0.533. The molecule has 5 atom stereocenters. The van der Waals surface area contributed by atoms with Crippen LogP contribution in [0, 0.1) is 0 Å². The molecule has 1 amide bonds. The normalized spacial score (nSPS) is 30.6. The third-order valence-corrected chi connectivity index (χ3v) is 5.00. The molecule has 1 fully saturated rings. The molecule has 0 saturated carbocycles. The van der Waals surface area contributed by atoms with Crippen LogP contribution in [-0.4, -0.2) is 63.9 Å². The van der Waals surface area contributed by atoms with Crippen molar-refractivity contribution in [3.8, 4) is 11.5 Å². The SMILES string of the molecule is COc1ccc(O[C@H]2S[C@@H](CO)[C@@H](O)[C@H](O)[C@@H]2NC(C)=O)cc1. The number of thioether (sulfide) groups is 1. The number of aliphatic hydroxyl groups is 3. The number of rotatable bonds is 5. The highest BCUT2D eigenvalue weighted by atomic mass is 32.2. The lowest BCUT2D eigenvalue weighted by atomic mass is 10.0. The molecule has 0 aromatic heterocycles. The summed E-state index contributed by atoms with van der Waals surface area (Å²) >= 11 is 1.17. The van der Waals surface area contributed by atoms with Crippen LogP contribution >= 0.6 is 11.8 Å². The van der Waals surface area contributed by atoms with Crippen LogP contribution < -0.4 is 14.8 Å². The van der Waals surface area contributed by atoms with Gasteiger partial charge >= 0.3 is 0 Å². The summed E-state index contributed by atoms with van der Waals surface area (Å²) in [5.41, 5.74) is -0.650. The van der Waals surface area contributed by atoms with E-state index < -0.39 is 28.9 Å². The molecule has 1 saturated heterocycles. The van der Waals surface area contributed by atoms with Crippen molar-refractivity contribution in [2.75, 3.05) is 13.7 Å². The van der Waals surface area contributed by atoms with Gasteiger partial charge in [0.15, 0.2) is 5.44 Å². The number of benzene rings is 1. The number of nitrogens with one attached hydrogen (secondary N) is 1. The first-order valence-corrected chi connectivity index (χ1v) is 8.10. The largest absolute Gasteiger partial charge is 0.497 e. The Hall–Kier alpha value is -1.48. The Bertz CT molecular complexity index is 525. The van der Waals surface area contributed by atoms with Crippen molar-refractivity contribution in [3.63, 3.8) is 0 Å². The molecule has 0 bridgehead atoms. The molecule has 1 aromatic rings. The first kappa shape index (κ1) is 17.9. The summed E-state index contributed by atoms with van der Waals surface area (Å²) in [6, 6.07) is 6.07. The van der Waals surface area contributed by atoms with Crippen LogP contribution in [0.2, 0.25) is 0 Å². The highest BCUT2D eigenvalue weighted by molar-refractivity contribution is 8.00. The molecule has 128 valence electrons. The predicted molar refractivity (Wildman–Crippen MR) is 85.5 cm³/mol. The molecule has 2 rings (SSSR count). The van der Waals surface area contributed by atoms with Crippen molar-refractivity contribution in [2.24, 2.45) is 0 Å². The van der Waals surface area contributed by atoms with Crippen LogP contribution in [0.1, 0.15) is 6.92 Å². The number of carbonyl (C=O) groups excluding carboxylic acids is 1. The van der Waals surface area contributed by atoms with Crippen LogP contribution in [-0.2, 0) is 4.79 Å². The Morgan fingerprint density at radius 3 is 2.35 bits per heavy atom. The van der Waals surface area contributed by atoms with Crippen LogP contribution in [0.3, 0.4) is 0 Å².